The fraction of sp³-hybridized carbons (Fsp3) is 0.318. The monoisotopic (exact) mass is 446 g/mol. The first-order valence-corrected chi connectivity index (χ1v) is 9.74. The van der Waals surface area contributed by atoms with Crippen molar-refractivity contribution in [3.8, 4) is 28.6 Å². The van der Waals surface area contributed by atoms with Crippen LogP contribution in [0.4, 0.5) is 0 Å². The number of ether oxygens (including phenoxy) is 2. The average Bonchev–Trinajstić information content (AvgIpc) is 2.78. The summed E-state index contributed by atoms with van der Waals surface area (Å²) in [4.78, 5) is 12.9. The van der Waals surface area contributed by atoms with Crippen LogP contribution in [0.3, 0.4) is 0 Å². The van der Waals surface area contributed by atoms with Gasteiger partial charge in [-0.2, -0.15) is 0 Å². The normalized spacial score (nSPS) is 25.7. The Kier molecular flexibility index (Phi) is 5.80. The maximum absolute atomic E-state index is 12.9. The first-order valence-electron chi connectivity index (χ1n) is 9.74. The summed E-state index contributed by atoms with van der Waals surface area (Å²) in [6, 6.07) is 8.16. The van der Waals surface area contributed by atoms with Crippen molar-refractivity contribution >= 4 is 11.0 Å². The van der Waals surface area contributed by atoms with E-state index in [2.05, 4.69) is 0 Å². The molecule has 32 heavy (non-hydrogen) atoms. The summed E-state index contributed by atoms with van der Waals surface area (Å²) in [5.41, 5.74) is -0.305. The lowest BCUT2D eigenvalue weighted by atomic mass is 9.89. The molecule has 1 aliphatic heterocycles. The molecular formula is C22H22O10. The zero-order chi connectivity index (χ0) is 23.2. The van der Waals surface area contributed by atoms with Crippen molar-refractivity contribution in [3.05, 3.63) is 52.2 Å². The molecule has 10 heteroatoms. The first kappa shape index (κ1) is 22.1. The fourth-order valence-corrected chi connectivity index (χ4v) is 3.86. The van der Waals surface area contributed by atoms with E-state index in [0.29, 0.717) is 5.56 Å². The molecule has 2 aromatic carbocycles. The van der Waals surface area contributed by atoms with Crippen molar-refractivity contribution in [3.63, 3.8) is 0 Å². The minimum absolute atomic E-state index is 0.00895. The molecule has 5 unspecified atom stereocenters. The second-order valence-electron chi connectivity index (χ2n) is 7.49. The van der Waals surface area contributed by atoms with Gasteiger partial charge >= 0.3 is 0 Å². The molecule has 1 saturated heterocycles. The lowest BCUT2D eigenvalue weighted by molar-refractivity contribution is -0.231. The molecule has 0 aliphatic carbocycles. The molecule has 10 nitrogen and oxygen atoms in total. The molecule has 0 bridgehead atoms. The lowest BCUT2D eigenvalue weighted by Crippen LogP contribution is -2.55. The molecule has 5 atom stereocenters. The molecule has 4 rings (SSSR count). The Labute approximate surface area is 181 Å². The average molecular weight is 446 g/mol. The smallest absolute Gasteiger partial charge is 0.197 e. The van der Waals surface area contributed by atoms with Crippen LogP contribution in [0.1, 0.15) is 11.7 Å². The summed E-state index contributed by atoms with van der Waals surface area (Å²) in [5, 5.41) is 60.2. The van der Waals surface area contributed by atoms with Gasteiger partial charge in [0.1, 0.15) is 58.9 Å². The zero-order valence-electron chi connectivity index (χ0n) is 16.9. The van der Waals surface area contributed by atoms with Crippen LogP contribution >= 0.6 is 0 Å². The van der Waals surface area contributed by atoms with Crippen LogP contribution in [-0.2, 0) is 4.74 Å². The van der Waals surface area contributed by atoms with Crippen LogP contribution in [0.2, 0.25) is 0 Å². The summed E-state index contributed by atoms with van der Waals surface area (Å²) in [5.74, 6) is -0.333. The Bertz CT molecular complexity index is 1180. The molecular weight excluding hydrogens is 424 g/mol. The van der Waals surface area contributed by atoms with Gasteiger partial charge in [-0.15, -0.1) is 0 Å². The summed E-state index contributed by atoms with van der Waals surface area (Å²) in [6.07, 6.45) is -7.51. The van der Waals surface area contributed by atoms with Crippen LogP contribution < -0.4 is 10.2 Å². The third kappa shape index (κ3) is 3.57. The Morgan fingerprint density at radius 2 is 1.69 bits per heavy atom. The van der Waals surface area contributed by atoms with Gasteiger partial charge in [-0.25, -0.2) is 0 Å². The number of phenols is 2. The van der Waals surface area contributed by atoms with E-state index in [1.165, 1.54) is 31.4 Å². The number of aromatic hydroxyl groups is 2. The molecule has 0 radical (unpaired) electrons. The fourth-order valence-electron chi connectivity index (χ4n) is 3.86. The minimum Gasteiger partial charge on any atom is -0.508 e. The molecule has 1 aromatic heterocycles. The van der Waals surface area contributed by atoms with Crippen molar-refractivity contribution in [1.29, 1.82) is 0 Å². The Morgan fingerprint density at radius 1 is 1.00 bits per heavy atom. The topological polar surface area (TPSA) is 170 Å². The number of hydrogen-bond acceptors (Lipinski definition) is 10. The van der Waals surface area contributed by atoms with Crippen LogP contribution in [-0.4, -0.2) is 68.8 Å². The number of phenolic OH excluding ortho intramolecular Hbond substituents is 2. The Hall–Kier alpha value is -3.15. The standard InChI is InChI=1S/C22H22O10/c1-30-14-7-12(26)16-11(25)6-13(9-2-4-10(24)5-3-9)31-21(16)17(14)22-20(29)19(28)18(27)15(8-23)32-22/h2-7,15,18-20,22-24,26-29H,8H2,1H3. The van der Waals surface area contributed by atoms with Gasteiger partial charge in [-0.3, -0.25) is 4.79 Å². The Balaban J connectivity index is 1.99. The van der Waals surface area contributed by atoms with Gasteiger partial charge < -0.3 is 44.5 Å². The number of benzene rings is 2. The lowest BCUT2D eigenvalue weighted by Gasteiger charge is -2.40. The van der Waals surface area contributed by atoms with Crippen molar-refractivity contribution in [2.75, 3.05) is 13.7 Å². The predicted molar refractivity (Wildman–Crippen MR) is 111 cm³/mol. The zero-order valence-corrected chi connectivity index (χ0v) is 16.9. The number of aliphatic hydroxyl groups excluding tert-OH is 4. The number of fused-ring (bicyclic) bond motifs is 1. The van der Waals surface area contributed by atoms with E-state index >= 15 is 0 Å². The molecule has 1 fully saturated rings. The molecule has 3 aromatic rings. The summed E-state index contributed by atoms with van der Waals surface area (Å²) in [7, 11) is 1.29. The number of aliphatic hydroxyl groups is 4. The van der Waals surface area contributed by atoms with Gasteiger partial charge in [0.25, 0.3) is 0 Å². The van der Waals surface area contributed by atoms with E-state index in [4.69, 9.17) is 13.9 Å². The van der Waals surface area contributed by atoms with E-state index < -0.39 is 48.3 Å². The van der Waals surface area contributed by atoms with Crippen LogP contribution in [0.5, 0.6) is 17.2 Å². The summed E-state index contributed by atoms with van der Waals surface area (Å²) < 4.78 is 16.9. The van der Waals surface area contributed by atoms with E-state index in [1.807, 2.05) is 0 Å². The third-order valence-corrected chi connectivity index (χ3v) is 5.53. The van der Waals surface area contributed by atoms with E-state index in [-0.39, 0.29) is 33.8 Å². The van der Waals surface area contributed by atoms with Gasteiger partial charge in [-0.05, 0) is 24.3 Å². The van der Waals surface area contributed by atoms with Crippen molar-refractivity contribution < 1.29 is 44.5 Å². The minimum atomic E-state index is -1.67. The number of hydrogen-bond donors (Lipinski definition) is 6. The van der Waals surface area contributed by atoms with Crippen molar-refractivity contribution in [2.24, 2.45) is 0 Å². The maximum Gasteiger partial charge on any atom is 0.197 e. The SMILES string of the molecule is COc1cc(O)c2c(=O)cc(-c3ccc(O)cc3)oc2c1C1OC(CO)C(O)C(O)C1O. The molecule has 0 amide bonds. The predicted octanol–water partition coefficient (Wildman–Crippen LogP) is 0.395. The molecule has 170 valence electrons. The second-order valence-corrected chi connectivity index (χ2v) is 7.49. The van der Waals surface area contributed by atoms with Crippen molar-refractivity contribution in [1.82, 2.24) is 0 Å². The van der Waals surface area contributed by atoms with Crippen molar-refractivity contribution in [2.45, 2.75) is 30.5 Å². The number of methoxy groups -OCH3 is 1. The highest BCUT2D eigenvalue weighted by Gasteiger charge is 2.46. The molecule has 1 aliphatic rings. The van der Waals surface area contributed by atoms with Gasteiger partial charge in [0.15, 0.2) is 11.0 Å². The quantitative estimate of drug-likeness (QED) is 0.330. The second kappa shape index (κ2) is 8.41. The van der Waals surface area contributed by atoms with Gasteiger partial charge in [0.05, 0.1) is 19.3 Å². The van der Waals surface area contributed by atoms with E-state index in [0.717, 1.165) is 12.1 Å². The van der Waals surface area contributed by atoms with Crippen LogP contribution in [0, 0.1) is 0 Å². The number of rotatable bonds is 4. The van der Waals surface area contributed by atoms with Gasteiger partial charge in [-0.1, -0.05) is 0 Å². The van der Waals surface area contributed by atoms with Gasteiger partial charge in [0, 0.05) is 17.7 Å². The highest BCUT2D eigenvalue weighted by atomic mass is 16.5. The first-order chi connectivity index (χ1) is 15.3. The molecule has 2 heterocycles. The van der Waals surface area contributed by atoms with E-state index in [9.17, 15) is 35.4 Å². The molecule has 0 spiro atoms. The largest absolute Gasteiger partial charge is 0.508 e. The maximum atomic E-state index is 12.9. The Morgan fingerprint density at radius 3 is 2.31 bits per heavy atom. The molecule has 6 N–H and O–H groups in total. The molecule has 0 saturated carbocycles. The van der Waals surface area contributed by atoms with Crippen LogP contribution in [0.15, 0.2) is 45.6 Å². The highest BCUT2D eigenvalue weighted by molar-refractivity contribution is 5.89. The third-order valence-electron chi connectivity index (χ3n) is 5.53. The van der Waals surface area contributed by atoms with Gasteiger partial charge in [0.2, 0.25) is 0 Å². The summed E-state index contributed by atoms with van der Waals surface area (Å²) >= 11 is 0. The summed E-state index contributed by atoms with van der Waals surface area (Å²) in [6.45, 7) is -0.650. The highest BCUT2D eigenvalue weighted by Crippen LogP contribution is 2.44. The van der Waals surface area contributed by atoms with E-state index in [1.54, 1.807) is 0 Å². The van der Waals surface area contributed by atoms with Crippen LogP contribution in [0.25, 0.3) is 22.3 Å².